The molecule has 1 spiro atoms. The third-order valence-electron chi connectivity index (χ3n) is 3.86. The maximum atomic E-state index is 12.5. The first kappa shape index (κ1) is 15.1. The topological polar surface area (TPSA) is 84.9 Å². The highest BCUT2D eigenvalue weighted by atomic mass is 35.5. The molecule has 3 rings (SSSR count). The Labute approximate surface area is 128 Å². The molecule has 116 valence electrons. The fourth-order valence-electron chi connectivity index (χ4n) is 2.87. The van der Waals surface area contributed by atoms with Gasteiger partial charge in [0.25, 0.3) is 0 Å². The van der Waals surface area contributed by atoms with Crippen LogP contribution >= 0.6 is 11.6 Å². The van der Waals surface area contributed by atoms with Gasteiger partial charge in [0, 0.05) is 6.42 Å². The number of aromatic hydroxyl groups is 1. The quantitative estimate of drug-likeness (QED) is 0.878. The van der Waals surface area contributed by atoms with Gasteiger partial charge < -0.3 is 14.6 Å². The SMILES string of the molecule is O=S(=O)(NC1CCCC12OCCO2)c1cccc(Cl)c1O. The van der Waals surface area contributed by atoms with Crippen LogP contribution < -0.4 is 4.72 Å². The highest BCUT2D eigenvalue weighted by Crippen LogP contribution is 2.39. The molecule has 1 saturated heterocycles. The Morgan fingerprint density at radius 2 is 2.05 bits per heavy atom. The molecular formula is C13H16ClNO5S. The van der Waals surface area contributed by atoms with E-state index in [1.165, 1.54) is 18.2 Å². The monoisotopic (exact) mass is 333 g/mol. The zero-order chi connectivity index (χ0) is 15.1. The fourth-order valence-corrected chi connectivity index (χ4v) is 4.53. The van der Waals surface area contributed by atoms with Crippen LogP contribution in [0.3, 0.4) is 0 Å². The Bertz CT molecular complexity index is 636. The largest absolute Gasteiger partial charge is 0.505 e. The van der Waals surface area contributed by atoms with Crippen molar-refractivity contribution in [2.45, 2.75) is 36.0 Å². The minimum absolute atomic E-state index is 0.00706. The summed E-state index contributed by atoms with van der Waals surface area (Å²) in [6.07, 6.45) is 2.09. The van der Waals surface area contributed by atoms with E-state index < -0.39 is 27.6 Å². The van der Waals surface area contributed by atoms with Crippen LogP contribution in [0.15, 0.2) is 23.1 Å². The molecule has 1 aromatic rings. The van der Waals surface area contributed by atoms with Crippen LogP contribution in [-0.2, 0) is 19.5 Å². The smallest absolute Gasteiger partial charge is 0.244 e. The lowest BCUT2D eigenvalue weighted by molar-refractivity contribution is -0.162. The van der Waals surface area contributed by atoms with Gasteiger partial charge in [-0.25, -0.2) is 13.1 Å². The Hall–Kier alpha value is -0.860. The van der Waals surface area contributed by atoms with Crippen LogP contribution in [0.25, 0.3) is 0 Å². The van der Waals surface area contributed by atoms with Crippen molar-refractivity contribution in [3.63, 3.8) is 0 Å². The third-order valence-corrected chi connectivity index (χ3v) is 5.67. The van der Waals surface area contributed by atoms with Crippen molar-refractivity contribution in [1.82, 2.24) is 4.72 Å². The minimum atomic E-state index is -3.90. The van der Waals surface area contributed by atoms with Gasteiger partial charge in [-0.1, -0.05) is 17.7 Å². The molecule has 1 aliphatic heterocycles. The van der Waals surface area contributed by atoms with Crippen molar-refractivity contribution in [2.24, 2.45) is 0 Å². The number of hydrogen-bond donors (Lipinski definition) is 2. The molecule has 1 aromatic carbocycles. The number of benzene rings is 1. The predicted octanol–water partition coefficient (Wildman–Crippen LogP) is 1.62. The van der Waals surface area contributed by atoms with Gasteiger partial charge in [-0.2, -0.15) is 0 Å². The maximum Gasteiger partial charge on any atom is 0.244 e. The average Bonchev–Trinajstić information content (AvgIpc) is 3.04. The van der Waals surface area contributed by atoms with Crippen LogP contribution in [0.5, 0.6) is 5.75 Å². The number of para-hydroxylation sites is 1. The first-order chi connectivity index (χ1) is 9.95. The first-order valence-electron chi connectivity index (χ1n) is 6.72. The number of sulfonamides is 1. The van der Waals surface area contributed by atoms with E-state index in [-0.39, 0.29) is 9.92 Å². The van der Waals surface area contributed by atoms with Gasteiger partial charge in [-0.05, 0) is 25.0 Å². The summed E-state index contributed by atoms with van der Waals surface area (Å²) in [4.78, 5) is -0.241. The molecule has 0 aromatic heterocycles. The van der Waals surface area contributed by atoms with Crippen LogP contribution in [0, 0.1) is 0 Å². The molecule has 0 amide bonds. The number of nitrogens with one attached hydrogen (secondary N) is 1. The van der Waals surface area contributed by atoms with E-state index in [0.29, 0.717) is 26.1 Å². The van der Waals surface area contributed by atoms with Gasteiger partial charge in [0.2, 0.25) is 10.0 Å². The second kappa shape index (κ2) is 5.40. The molecule has 0 radical (unpaired) electrons. The maximum absolute atomic E-state index is 12.5. The molecule has 6 nitrogen and oxygen atoms in total. The summed E-state index contributed by atoms with van der Waals surface area (Å²) >= 11 is 5.77. The lowest BCUT2D eigenvalue weighted by atomic mass is 10.2. The van der Waals surface area contributed by atoms with Crippen molar-refractivity contribution in [2.75, 3.05) is 13.2 Å². The minimum Gasteiger partial charge on any atom is -0.505 e. The van der Waals surface area contributed by atoms with Crippen LogP contribution in [-0.4, -0.2) is 38.6 Å². The van der Waals surface area contributed by atoms with Crippen molar-refractivity contribution < 1.29 is 23.0 Å². The van der Waals surface area contributed by atoms with Gasteiger partial charge in [-0.15, -0.1) is 0 Å². The summed E-state index contributed by atoms with van der Waals surface area (Å²) in [6, 6.07) is 3.74. The summed E-state index contributed by atoms with van der Waals surface area (Å²) in [5.41, 5.74) is 0. The predicted molar refractivity (Wildman–Crippen MR) is 75.7 cm³/mol. The summed E-state index contributed by atoms with van der Waals surface area (Å²) in [7, 11) is -3.90. The summed E-state index contributed by atoms with van der Waals surface area (Å²) in [5, 5.41) is 9.84. The van der Waals surface area contributed by atoms with Crippen molar-refractivity contribution >= 4 is 21.6 Å². The number of phenolic OH excluding ortho intramolecular Hbond substituents is 1. The van der Waals surface area contributed by atoms with E-state index >= 15 is 0 Å². The van der Waals surface area contributed by atoms with Gasteiger partial charge in [0.1, 0.15) is 4.90 Å². The number of halogens is 1. The second-order valence-corrected chi connectivity index (χ2v) is 7.25. The van der Waals surface area contributed by atoms with E-state index in [1.807, 2.05) is 0 Å². The highest BCUT2D eigenvalue weighted by molar-refractivity contribution is 7.89. The van der Waals surface area contributed by atoms with Gasteiger partial charge in [-0.3, -0.25) is 0 Å². The molecule has 8 heteroatoms. The second-order valence-electron chi connectivity index (χ2n) is 5.16. The van der Waals surface area contributed by atoms with E-state index in [9.17, 15) is 13.5 Å². The molecule has 2 fully saturated rings. The number of rotatable bonds is 3. The summed E-state index contributed by atoms with van der Waals surface area (Å²) in [5.74, 6) is -1.33. The zero-order valence-electron chi connectivity index (χ0n) is 11.2. The zero-order valence-corrected chi connectivity index (χ0v) is 12.8. The Kier molecular flexibility index (Phi) is 3.87. The van der Waals surface area contributed by atoms with Crippen molar-refractivity contribution in [3.05, 3.63) is 23.2 Å². The molecule has 1 unspecified atom stereocenters. The molecule has 1 aliphatic carbocycles. The average molecular weight is 334 g/mol. The Balaban J connectivity index is 1.88. The molecule has 1 heterocycles. The highest BCUT2D eigenvalue weighted by Gasteiger charge is 2.49. The Morgan fingerprint density at radius 3 is 2.76 bits per heavy atom. The molecule has 2 N–H and O–H groups in total. The Morgan fingerprint density at radius 1 is 1.33 bits per heavy atom. The van der Waals surface area contributed by atoms with Gasteiger partial charge in [0.15, 0.2) is 11.5 Å². The number of phenols is 1. The number of ether oxygens (including phenoxy) is 2. The molecule has 2 aliphatic rings. The molecule has 1 saturated carbocycles. The van der Waals surface area contributed by atoms with Crippen LogP contribution in [0.1, 0.15) is 19.3 Å². The molecular weight excluding hydrogens is 318 g/mol. The summed E-state index contributed by atoms with van der Waals surface area (Å²) < 4.78 is 38.7. The molecule has 1 atom stereocenters. The third kappa shape index (κ3) is 2.64. The molecule has 0 bridgehead atoms. The van der Waals surface area contributed by atoms with Crippen LogP contribution in [0.4, 0.5) is 0 Å². The van der Waals surface area contributed by atoms with Crippen LogP contribution in [0.2, 0.25) is 5.02 Å². The van der Waals surface area contributed by atoms with E-state index in [0.717, 1.165) is 6.42 Å². The van der Waals surface area contributed by atoms with Crippen molar-refractivity contribution in [3.8, 4) is 5.75 Å². The van der Waals surface area contributed by atoms with Gasteiger partial charge in [0.05, 0.1) is 24.3 Å². The standard InChI is InChI=1S/C13H16ClNO5S/c14-9-3-1-4-10(12(9)16)21(17,18)15-11-5-2-6-13(11)19-7-8-20-13/h1,3-4,11,15-16H,2,5-8H2. The normalized spacial score (nSPS) is 24.7. The lowest BCUT2D eigenvalue weighted by Gasteiger charge is -2.29. The first-order valence-corrected chi connectivity index (χ1v) is 8.58. The number of hydrogen-bond acceptors (Lipinski definition) is 5. The lowest BCUT2D eigenvalue weighted by Crippen LogP contribution is -2.49. The van der Waals surface area contributed by atoms with E-state index in [4.69, 9.17) is 21.1 Å². The van der Waals surface area contributed by atoms with Crippen molar-refractivity contribution in [1.29, 1.82) is 0 Å². The fraction of sp³-hybridized carbons (Fsp3) is 0.538. The van der Waals surface area contributed by atoms with E-state index in [2.05, 4.69) is 4.72 Å². The summed E-state index contributed by atoms with van der Waals surface area (Å²) in [6.45, 7) is 0.918. The molecule has 21 heavy (non-hydrogen) atoms. The van der Waals surface area contributed by atoms with Gasteiger partial charge >= 0.3 is 0 Å². The van der Waals surface area contributed by atoms with E-state index in [1.54, 1.807) is 0 Å².